The average molecular weight is 509 g/mol. The maximum absolute atomic E-state index is 13.3. The third-order valence-electron chi connectivity index (χ3n) is 4.96. The van der Waals surface area contributed by atoms with Gasteiger partial charge >= 0.3 is 0 Å². The van der Waals surface area contributed by atoms with Crippen LogP contribution < -0.4 is 5.32 Å². The van der Waals surface area contributed by atoms with Crippen LogP contribution in [0.15, 0.2) is 53.0 Å². The summed E-state index contributed by atoms with van der Waals surface area (Å²) < 4.78 is 28.1. The Labute approximate surface area is 190 Å². The molecule has 1 amide bonds. The van der Waals surface area contributed by atoms with Crippen molar-refractivity contribution >= 4 is 44.9 Å². The van der Waals surface area contributed by atoms with E-state index in [-0.39, 0.29) is 39.7 Å². The standard InChI is InChI=1S/C22H17BrClF2N3O2/c23-18-19(22(25)26)28-29(20(18)12-6-7-12)11-17(30)27-16-9-8-14(24)10-15(16)21(31)13-4-2-1-3-5-13/h1-5,8-10,12,22H,6-7,11H2,(H,27,30). The third kappa shape index (κ3) is 4.70. The molecule has 160 valence electrons. The topological polar surface area (TPSA) is 64.0 Å². The Bertz CT molecular complexity index is 1150. The molecule has 1 aromatic heterocycles. The molecule has 0 saturated heterocycles. The van der Waals surface area contributed by atoms with Gasteiger partial charge in [0.15, 0.2) is 5.78 Å². The molecule has 1 heterocycles. The normalized spacial score (nSPS) is 13.5. The van der Waals surface area contributed by atoms with Gasteiger partial charge in [-0.1, -0.05) is 41.9 Å². The molecule has 0 bridgehead atoms. The van der Waals surface area contributed by atoms with E-state index < -0.39 is 12.3 Å². The fraction of sp³-hybridized carbons (Fsp3) is 0.227. The highest BCUT2D eigenvalue weighted by Crippen LogP contribution is 2.45. The summed E-state index contributed by atoms with van der Waals surface area (Å²) in [4.78, 5) is 25.7. The number of carbonyl (C=O) groups excluding carboxylic acids is 2. The zero-order chi connectivity index (χ0) is 22.1. The third-order valence-corrected chi connectivity index (χ3v) is 6.00. The van der Waals surface area contributed by atoms with E-state index in [1.807, 2.05) is 0 Å². The fourth-order valence-corrected chi connectivity index (χ4v) is 4.32. The minimum Gasteiger partial charge on any atom is -0.324 e. The molecular weight excluding hydrogens is 492 g/mol. The lowest BCUT2D eigenvalue weighted by Gasteiger charge is -2.12. The molecule has 0 spiro atoms. The number of hydrogen-bond donors (Lipinski definition) is 1. The van der Waals surface area contributed by atoms with Gasteiger partial charge in [-0.3, -0.25) is 14.3 Å². The van der Waals surface area contributed by atoms with Gasteiger partial charge in [0.1, 0.15) is 12.2 Å². The Hall–Kier alpha value is -2.58. The summed E-state index contributed by atoms with van der Waals surface area (Å²) in [6.45, 7) is -0.251. The number of ketones is 1. The van der Waals surface area contributed by atoms with E-state index in [0.717, 1.165) is 12.8 Å². The minimum atomic E-state index is -2.75. The van der Waals surface area contributed by atoms with Gasteiger partial charge in [0.25, 0.3) is 6.43 Å². The number of nitrogens with zero attached hydrogens (tertiary/aromatic N) is 2. The SMILES string of the molecule is O=C(Cn1nc(C(F)F)c(Br)c1C1CC1)Nc1ccc(Cl)cc1C(=O)c1ccccc1. The van der Waals surface area contributed by atoms with Crippen LogP contribution in [0.1, 0.15) is 52.5 Å². The van der Waals surface area contributed by atoms with Crippen molar-refractivity contribution in [3.63, 3.8) is 0 Å². The van der Waals surface area contributed by atoms with Gasteiger partial charge in [0.2, 0.25) is 5.91 Å². The summed E-state index contributed by atoms with van der Waals surface area (Å²) in [5.74, 6) is -0.672. The number of alkyl halides is 2. The van der Waals surface area contributed by atoms with E-state index in [1.54, 1.807) is 42.5 Å². The van der Waals surface area contributed by atoms with Gasteiger partial charge in [-0.15, -0.1) is 0 Å². The molecule has 0 unspecified atom stereocenters. The molecule has 3 aromatic rings. The van der Waals surface area contributed by atoms with E-state index in [0.29, 0.717) is 16.3 Å². The smallest absolute Gasteiger partial charge is 0.283 e. The maximum Gasteiger partial charge on any atom is 0.283 e. The molecule has 1 aliphatic carbocycles. The lowest BCUT2D eigenvalue weighted by Crippen LogP contribution is -2.22. The van der Waals surface area contributed by atoms with Crippen LogP contribution >= 0.6 is 27.5 Å². The largest absolute Gasteiger partial charge is 0.324 e. The number of benzene rings is 2. The van der Waals surface area contributed by atoms with Crippen molar-refractivity contribution in [2.45, 2.75) is 31.7 Å². The second kappa shape index (κ2) is 8.88. The molecule has 5 nitrogen and oxygen atoms in total. The van der Waals surface area contributed by atoms with E-state index >= 15 is 0 Å². The molecule has 0 aliphatic heterocycles. The van der Waals surface area contributed by atoms with Crippen molar-refractivity contribution in [2.75, 3.05) is 5.32 Å². The first kappa shape index (κ1) is 21.6. The Morgan fingerprint density at radius 2 is 1.90 bits per heavy atom. The molecule has 4 rings (SSSR count). The Morgan fingerprint density at radius 1 is 1.19 bits per heavy atom. The summed E-state index contributed by atoms with van der Waals surface area (Å²) in [5, 5.41) is 6.99. The van der Waals surface area contributed by atoms with Gasteiger partial charge in [-0.25, -0.2) is 8.78 Å². The van der Waals surface area contributed by atoms with Crippen LogP contribution in [0, 0.1) is 0 Å². The number of rotatable bonds is 7. The second-order valence-electron chi connectivity index (χ2n) is 7.25. The monoisotopic (exact) mass is 507 g/mol. The Balaban J connectivity index is 1.59. The molecule has 31 heavy (non-hydrogen) atoms. The molecule has 9 heteroatoms. The quantitative estimate of drug-likeness (QED) is 0.399. The number of amides is 1. The van der Waals surface area contributed by atoms with Gasteiger partial charge < -0.3 is 5.32 Å². The molecular formula is C22H17BrClF2N3O2. The van der Waals surface area contributed by atoms with Crippen molar-refractivity contribution in [1.29, 1.82) is 0 Å². The van der Waals surface area contributed by atoms with E-state index in [4.69, 9.17) is 11.6 Å². The van der Waals surface area contributed by atoms with Crippen molar-refractivity contribution < 1.29 is 18.4 Å². The first-order valence-corrected chi connectivity index (χ1v) is 10.8. The predicted octanol–water partition coefficient (Wildman–Crippen LogP) is 5.98. The van der Waals surface area contributed by atoms with Crippen LogP contribution in [-0.4, -0.2) is 21.5 Å². The first-order chi connectivity index (χ1) is 14.8. The van der Waals surface area contributed by atoms with E-state index in [1.165, 1.54) is 10.7 Å². The summed E-state index contributed by atoms with van der Waals surface area (Å²) >= 11 is 9.28. The fourth-order valence-electron chi connectivity index (χ4n) is 3.36. The van der Waals surface area contributed by atoms with Crippen LogP contribution in [0.2, 0.25) is 5.02 Å². The van der Waals surface area contributed by atoms with Crippen LogP contribution in [0.5, 0.6) is 0 Å². The minimum absolute atomic E-state index is 0.105. The lowest BCUT2D eigenvalue weighted by atomic mass is 10.0. The van der Waals surface area contributed by atoms with Gasteiger partial charge in [-0.2, -0.15) is 5.10 Å². The summed E-state index contributed by atoms with van der Waals surface area (Å²) in [7, 11) is 0. The predicted molar refractivity (Wildman–Crippen MR) is 117 cm³/mol. The highest BCUT2D eigenvalue weighted by atomic mass is 79.9. The number of carbonyl (C=O) groups is 2. The summed E-state index contributed by atoms with van der Waals surface area (Å²) in [6, 6.07) is 13.2. The Morgan fingerprint density at radius 3 is 2.55 bits per heavy atom. The lowest BCUT2D eigenvalue weighted by molar-refractivity contribution is -0.117. The van der Waals surface area contributed by atoms with Crippen LogP contribution in [0.4, 0.5) is 14.5 Å². The van der Waals surface area contributed by atoms with Gasteiger partial charge in [0, 0.05) is 22.1 Å². The maximum atomic E-state index is 13.3. The number of aromatic nitrogens is 2. The molecule has 1 aliphatic rings. The van der Waals surface area contributed by atoms with Crippen LogP contribution in [0.25, 0.3) is 0 Å². The number of anilines is 1. The van der Waals surface area contributed by atoms with Gasteiger partial charge in [0.05, 0.1) is 15.9 Å². The van der Waals surface area contributed by atoms with Crippen molar-refractivity contribution in [1.82, 2.24) is 9.78 Å². The number of hydrogen-bond acceptors (Lipinski definition) is 3. The molecule has 1 N–H and O–H groups in total. The number of halogens is 4. The molecule has 0 atom stereocenters. The summed E-state index contributed by atoms with van der Waals surface area (Å²) in [5.41, 5.74) is 1.21. The van der Waals surface area contributed by atoms with Crippen molar-refractivity contribution in [3.8, 4) is 0 Å². The zero-order valence-electron chi connectivity index (χ0n) is 16.1. The van der Waals surface area contributed by atoms with Crippen molar-refractivity contribution in [3.05, 3.63) is 80.5 Å². The van der Waals surface area contributed by atoms with Gasteiger partial charge in [-0.05, 0) is 47.0 Å². The molecule has 2 aromatic carbocycles. The Kier molecular flexibility index (Phi) is 6.20. The van der Waals surface area contributed by atoms with Crippen LogP contribution in [-0.2, 0) is 11.3 Å². The van der Waals surface area contributed by atoms with Crippen molar-refractivity contribution in [2.24, 2.45) is 0 Å². The number of nitrogens with one attached hydrogen (secondary N) is 1. The van der Waals surface area contributed by atoms with E-state index in [9.17, 15) is 18.4 Å². The second-order valence-corrected chi connectivity index (χ2v) is 8.48. The molecule has 0 radical (unpaired) electrons. The average Bonchev–Trinajstić information content (AvgIpc) is 3.52. The molecule has 1 saturated carbocycles. The highest BCUT2D eigenvalue weighted by Gasteiger charge is 2.34. The highest BCUT2D eigenvalue weighted by molar-refractivity contribution is 9.10. The molecule has 1 fully saturated rings. The first-order valence-electron chi connectivity index (χ1n) is 9.58. The summed E-state index contributed by atoms with van der Waals surface area (Å²) in [6.07, 6.45) is -1.02. The van der Waals surface area contributed by atoms with E-state index in [2.05, 4.69) is 26.3 Å². The zero-order valence-corrected chi connectivity index (χ0v) is 18.5. The van der Waals surface area contributed by atoms with Crippen LogP contribution in [0.3, 0.4) is 0 Å².